The average molecular weight is 244 g/mol. The third-order valence-electron chi connectivity index (χ3n) is 2.16. The van der Waals surface area contributed by atoms with Gasteiger partial charge in [-0.05, 0) is 37.6 Å². The molecule has 0 unspecified atom stereocenters. The van der Waals surface area contributed by atoms with Crippen LogP contribution in [-0.4, -0.2) is 19.1 Å². The summed E-state index contributed by atoms with van der Waals surface area (Å²) in [7, 11) is 1.49. The van der Waals surface area contributed by atoms with E-state index in [9.17, 15) is 4.79 Å². The number of hydrogen-bond donors (Lipinski definition) is 1. The van der Waals surface area contributed by atoms with Crippen LogP contribution in [0.3, 0.4) is 0 Å². The molecule has 4 nitrogen and oxygen atoms in total. The number of likely N-dealkylation sites (N-methyl/N-ethyl adjacent to an activating group) is 1. The summed E-state index contributed by atoms with van der Waals surface area (Å²) in [4.78, 5) is 11.3. The van der Waals surface area contributed by atoms with Crippen LogP contribution in [0.4, 0.5) is 0 Å². The monoisotopic (exact) mass is 244 g/mol. The zero-order chi connectivity index (χ0) is 13.5. The van der Waals surface area contributed by atoms with Crippen molar-refractivity contribution in [3.8, 4) is 11.8 Å². The van der Waals surface area contributed by atoms with Crippen LogP contribution in [0.15, 0.2) is 29.8 Å². The van der Waals surface area contributed by atoms with Crippen LogP contribution in [0.2, 0.25) is 0 Å². The van der Waals surface area contributed by atoms with E-state index < -0.39 is 0 Å². The molecule has 0 aliphatic carbocycles. The van der Waals surface area contributed by atoms with Gasteiger partial charge in [-0.3, -0.25) is 4.79 Å². The van der Waals surface area contributed by atoms with Gasteiger partial charge in [0.2, 0.25) is 0 Å². The van der Waals surface area contributed by atoms with Gasteiger partial charge in [-0.2, -0.15) is 5.26 Å². The standard InChI is InChI=1S/C14H16N2O2/c1-10(2)18-13-6-4-11(5-7-13)8-12(9-15)14(17)16-3/h4-8,10H,1-3H3,(H,16,17)/b12-8-. The normalized spacial score (nSPS) is 10.9. The third kappa shape index (κ3) is 3.95. The Bertz CT molecular complexity index is 482. The van der Waals surface area contributed by atoms with E-state index >= 15 is 0 Å². The van der Waals surface area contributed by atoms with Gasteiger partial charge < -0.3 is 10.1 Å². The molecule has 1 rings (SSSR count). The Kier molecular flexibility index (Phi) is 4.94. The van der Waals surface area contributed by atoms with Crippen LogP contribution in [0.25, 0.3) is 6.08 Å². The maximum Gasteiger partial charge on any atom is 0.261 e. The minimum Gasteiger partial charge on any atom is -0.491 e. The Labute approximate surface area is 107 Å². The summed E-state index contributed by atoms with van der Waals surface area (Å²) in [6.45, 7) is 3.90. The number of nitriles is 1. The number of amides is 1. The van der Waals surface area contributed by atoms with E-state index in [0.29, 0.717) is 0 Å². The number of rotatable bonds is 4. The number of carbonyl (C=O) groups is 1. The van der Waals surface area contributed by atoms with Crippen LogP contribution in [0.1, 0.15) is 19.4 Å². The predicted octanol–water partition coefficient (Wildman–Crippen LogP) is 2.13. The molecule has 18 heavy (non-hydrogen) atoms. The largest absolute Gasteiger partial charge is 0.491 e. The van der Waals surface area contributed by atoms with Crippen LogP contribution in [-0.2, 0) is 4.79 Å². The van der Waals surface area contributed by atoms with E-state index in [0.717, 1.165) is 11.3 Å². The number of nitrogens with zero attached hydrogens (tertiary/aromatic N) is 1. The Morgan fingerprint density at radius 3 is 2.44 bits per heavy atom. The quantitative estimate of drug-likeness (QED) is 0.652. The SMILES string of the molecule is CNC(=O)/C(C#N)=C\c1ccc(OC(C)C)cc1. The Balaban J connectivity index is 2.89. The molecule has 0 radical (unpaired) electrons. The first-order chi connectivity index (χ1) is 8.56. The molecule has 0 aliphatic heterocycles. The molecule has 0 fully saturated rings. The lowest BCUT2D eigenvalue weighted by molar-refractivity contribution is -0.116. The van der Waals surface area contributed by atoms with Gasteiger partial charge in [0, 0.05) is 7.05 Å². The van der Waals surface area contributed by atoms with Crippen molar-refractivity contribution < 1.29 is 9.53 Å². The van der Waals surface area contributed by atoms with Crippen molar-refractivity contribution in [1.29, 1.82) is 5.26 Å². The molecule has 0 saturated heterocycles. The zero-order valence-corrected chi connectivity index (χ0v) is 10.7. The van der Waals surface area contributed by atoms with E-state index in [1.54, 1.807) is 12.1 Å². The highest BCUT2D eigenvalue weighted by atomic mass is 16.5. The number of carbonyl (C=O) groups excluding carboxylic acids is 1. The summed E-state index contributed by atoms with van der Waals surface area (Å²) >= 11 is 0. The summed E-state index contributed by atoms with van der Waals surface area (Å²) in [6, 6.07) is 9.09. The Morgan fingerprint density at radius 2 is 2.00 bits per heavy atom. The molecule has 1 amide bonds. The highest BCUT2D eigenvalue weighted by molar-refractivity contribution is 6.01. The first-order valence-electron chi connectivity index (χ1n) is 5.67. The molecule has 0 atom stereocenters. The first-order valence-corrected chi connectivity index (χ1v) is 5.67. The predicted molar refractivity (Wildman–Crippen MR) is 69.9 cm³/mol. The van der Waals surface area contributed by atoms with Gasteiger partial charge in [-0.15, -0.1) is 0 Å². The molecule has 0 spiro atoms. The fourth-order valence-corrected chi connectivity index (χ4v) is 1.36. The van der Waals surface area contributed by atoms with Gasteiger partial charge in [0.05, 0.1) is 6.10 Å². The maximum atomic E-state index is 11.3. The number of nitrogens with one attached hydrogen (secondary N) is 1. The first kappa shape index (κ1) is 13.8. The van der Waals surface area contributed by atoms with E-state index in [2.05, 4.69) is 5.32 Å². The molecule has 0 bridgehead atoms. The van der Waals surface area contributed by atoms with Gasteiger partial charge in [0.1, 0.15) is 17.4 Å². The van der Waals surface area contributed by atoms with E-state index in [1.807, 2.05) is 32.0 Å². The molecule has 1 N–H and O–H groups in total. The second-order valence-corrected chi connectivity index (χ2v) is 3.98. The molecule has 1 aromatic rings. The molecule has 0 heterocycles. The second-order valence-electron chi connectivity index (χ2n) is 3.98. The van der Waals surface area contributed by atoms with Crippen molar-refractivity contribution in [3.63, 3.8) is 0 Å². The van der Waals surface area contributed by atoms with Crippen molar-refractivity contribution >= 4 is 12.0 Å². The smallest absolute Gasteiger partial charge is 0.261 e. The van der Waals surface area contributed by atoms with Gasteiger partial charge in [0.15, 0.2) is 0 Å². The van der Waals surface area contributed by atoms with E-state index in [4.69, 9.17) is 10.00 Å². The van der Waals surface area contributed by atoms with Crippen molar-refractivity contribution in [2.75, 3.05) is 7.05 Å². The minimum absolute atomic E-state index is 0.0787. The number of benzene rings is 1. The van der Waals surface area contributed by atoms with Crippen molar-refractivity contribution in [1.82, 2.24) is 5.32 Å². The lowest BCUT2D eigenvalue weighted by atomic mass is 10.1. The fourth-order valence-electron chi connectivity index (χ4n) is 1.36. The van der Waals surface area contributed by atoms with Crippen molar-refractivity contribution in [2.45, 2.75) is 20.0 Å². The summed E-state index contributed by atoms with van der Waals surface area (Å²) in [6.07, 6.45) is 1.66. The van der Waals surface area contributed by atoms with Crippen LogP contribution >= 0.6 is 0 Å². The molecular weight excluding hydrogens is 228 g/mol. The van der Waals surface area contributed by atoms with Crippen LogP contribution in [0, 0.1) is 11.3 Å². The van der Waals surface area contributed by atoms with Crippen LogP contribution in [0.5, 0.6) is 5.75 Å². The van der Waals surface area contributed by atoms with Gasteiger partial charge in [-0.25, -0.2) is 0 Å². The zero-order valence-electron chi connectivity index (χ0n) is 10.7. The highest BCUT2D eigenvalue weighted by Gasteiger charge is 2.06. The highest BCUT2D eigenvalue weighted by Crippen LogP contribution is 2.15. The minimum atomic E-state index is -0.389. The molecular formula is C14H16N2O2. The van der Waals surface area contributed by atoms with Gasteiger partial charge >= 0.3 is 0 Å². The van der Waals surface area contributed by atoms with Gasteiger partial charge in [0.25, 0.3) is 5.91 Å². The van der Waals surface area contributed by atoms with Gasteiger partial charge in [-0.1, -0.05) is 12.1 Å². The third-order valence-corrected chi connectivity index (χ3v) is 2.16. The van der Waals surface area contributed by atoms with Crippen molar-refractivity contribution in [3.05, 3.63) is 35.4 Å². The number of ether oxygens (including phenoxy) is 1. The second kappa shape index (κ2) is 6.45. The van der Waals surface area contributed by atoms with Crippen molar-refractivity contribution in [2.24, 2.45) is 0 Å². The lowest BCUT2D eigenvalue weighted by Gasteiger charge is -2.09. The molecule has 4 heteroatoms. The lowest BCUT2D eigenvalue weighted by Crippen LogP contribution is -2.19. The fraction of sp³-hybridized carbons (Fsp3) is 0.286. The van der Waals surface area contributed by atoms with E-state index in [-0.39, 0.29) is 17.6 Å². The van der Waals surface area contributed by atoms with Crippen LogP contribution < -0.4 is 10.1 Å². The molecule has 0 aliphatic rings. The maximum absolute atomic E-state index is 11.3. The van der Waals surface area contributed by atoms with E-state index in [1.165, 1.54) is 13.1 Å². The topological polar surface area (TPSA) is 62.1 Å². The summed E-state index contributed by atoms with van der Waals surface area (Å²) in [5.74, 6) is 0.376. The summed E-state index contributed by atoms with van der Waals surface area (Å²) < 4.78 is 5.50. The summed E-state index contributed by atoms with van der Waals surface area (Å²) in [5, 5.41) is 11.3. The Hall–Kier alpha value is -2.28. The number of hydrogen-bond acceptors (Lipinski definition) is 3. The molecule has 94 valence electrons. The molecule has 0 aromatic heterocycles. The Morgan fingerprint density at radius 1 is 1.39 bits per heavy atom. The summed E-state index contributed by atoms with van der Waals surface area (Å²) in [5.41, 5.74) is 0.862. The molecule has 0 saturated carbocycles. The average Bonchev–Trinajstić information content (AvgIpc) is 2.36. The molecule has 1 aromatic carbocycles.